The molecule has 4 rings (SSSR count). The topological polar surface area (TPSA) is 142 Å². The predicted molar refractivity (Wildman–Crippen MR) is 120 cm³/mol. The van der Waals surface area contributed by atoms with Crippen LogP contribution in [0.2, 0.25) is 0 Å². The Morgan fingerprint density at radius 1 is 1.12 bits per heavy atom. The minimum atomic E-state index is -2.72. The van der Waals surface area contributed by atoms with Crippen molar-refractivity contribution in [3.05, 3.63) is 35.7 Å². The summed E-state index contributed by atoms with van der Waals surface area (Å²) in [6.07, 6.45) is 0. The van der Waals surface area contributed by atoms with Gasteiger partial charge in [0.2, 0.25) is 0 Å². The minimum absolute atomic E-state index is 0.0556. The van der Waals surface area contributed by atoms with E-state index in [1.807, 2.05) is 36.3 Å². The second kappa shape index (κ2) is 8.13. The van der Waals surface area contributed by atoms with Crippen LogP contribution < -0.4 is 26.2 Å². The highest BCUT2D eigenvalue weighted by molar-refractivity contribution is 6.00. The molecule has 0 bridgehead atoms. The summed E-state index contributed by atoms with van der Waals surface area (Å²) < 4.78 is 22.1. The van der Waals surface area contributed by atoms with Crippen LogP contribution in [0.15, 0.2) is 24.3 Å². The Labute approximate surface area is 188 Å². The molecule has 3 heterocycles. The smallest absolute Gasteiger partial charge is 0.320 e. The van der Waals surface area contributed by atoms with Gasteiger partial charge in [0.05, 0.1) is 23.1 Å². The van der Waals surface area contributed by atoms with Gasteiger partial charge in [0, 0.05) is 43.9 Å². The number of fused-ring (bicyclic) bond motifs is 3. The van der Waals surface area contributed by atoms with E-state index in [0.717, 1.165) is 22.6 Å². The van der Waals surface area contributed by atoms with Crippen molar-refractivity contribution >= 4 is 34.8 Å². The van der Waals surface area contributed by atoms with Gasteiger partial charge in [-0.05, 0) is 13.0 Å². The van der Waals surface area contributed by atoms with Crippen LogP contribution in [0.5, 0.6) is 0 Å². The Morgan fingerprint density at radius 2 is 1.94 bits per heavy atom. The average Bonchev–Trinajstić information content (AvgIpc) is 3.18. The molecule has 0 saturated carbocycles. The molecule has 0 aliphatic carbocycles. The molecule has 3 amide bonds. The highest BCUT2D eigenvalue weighted by atomic mass is 16.2. The maximum absolute atomic E-state index is 12.7. The van der Waals surface area contributed by atoms with Crippen molar-refractivity contribution < 1.29 is 13.7 Å². The van der Waals surface area contributed by atoms with Gasteiger partial charge >= 0.3 is 6.03 Å². The molecular formula is C20H24N10O2. The van der Waals surface area contributed by atoms with E-state index < -0.39 is 18.9 Å². The number of carbonyl (C=O) groups excluding carboxylic acids is 2. The largest absolute Gasteiger partial charge is 0.364 e. The fourth-order valence-electron chi connectivity index (χ4n) is 3.59. The van der Waals surface area contributed by atoms with Crippen LogP contribution in [0.4, 0.5) is 27.7 Å². The molecule has 4 N–H and O–H groups in total. The van der Waals surface area contributed by atoms with Crippen molar-refractivity contribution in [2.75, 3.05) is 36.6 Å². The summed E-state index contributed by atoms with van der Waals surface area (Å²) in [5.74, 6) is -0.894. The van der Waals surface area contributed by atoms with E-state index in [2.05, 4.69) is 36.3 Å². The Kier molecular flexibility index (Phi) is 4.44. The number of hydrogen-bond acceptors (Lipinski definition) is 8. The number of amides is 3. The highest BCUT2D eigenvalue weighted by Gasteiger charge is 2.32. The molecule has 0 unspecified atom stereocenters. The Morgan fingerprint density at radius 3 is 2.69 bits per heavy atom. The van der Waals surface area contributed by atoms with Gasteiger partial charge in [0.1, 0.15) is 11.4 Å². The first kappa shape index (κ1) is 17.5. The van der Waals surface area contributed by atoms with Crippen molar-refractivity contribution in [3.8, 4) is 11.3 Å². The summed E-state index contributed by atoms with van der Waals surface area (Å²) in [7, 11) is 5.11. The molecule has 3 aromatic rings. The number of nitrogens with one attached hydrogen (secondary N) is 4. The number of hydrogen-bond donors (Lipinski definition) is 4. The van der Waals surface area contributed by atoms with Gasteiger partial charge in [-0.1, -0.05) is 12.1 Å². The second-order valence-electron chi connectivity index (χ2n) is 7.19. The molecule has 12 nitrogen and oxygen atoms in total. The molecule has 1 aromatic carbocycles. The van der Waals surface area contributed by atoms with Crippen molar-refractivity contribution in [1.82, 2.24) is 35.8 Å². The van der Waals surface area contributed by atoms with Crippen LogP contribution >= 0.6 is 0 Å². The van der Waals surface area contributed by atoms with Gasteiger partial charge in [-0.2, -0.15) is 15.0 Å². The maximum Gasteiger partial charge on any atom is 0.320 e. The average molecular weight is 439 g/mol. The highest BCUT2D eigenvalue weighted by Crippen LogP contribution is 2.46. The zero-order valence-electron chi connectivity index (χ0n) is 20.9. The van der Waals surface area contributed by atoms with Crippen LogP contribution in [0.3, 0.4) is 0 Å². The lowest BCUT2D eigenvalue weighted by Gasteiger charge is -2.34. The molecule has 1 aliphatic rings. The molecule has 166 valence electrons. The zero-order valence-corrected chi connectivity index (χ0v) is 17.9. The molecule has 32 heavy (non-hydrogen) atoms. The number of benzene rings is 1. The number of rotatable bonds is 4. The molecular weight excluding hydrogens is 412 g/mol. The molecule has 0 fully saturated rings. The third-order valence-electron chi connectivity index (χ3n) is 5.22. The molecule has 12 heteroatoms. The molecule has 0 radical (unpaired) electrons. The summed E-state index contributed by atoms with van der Waals surface area (Å²) >= 11 is 0. The van der Waals surface area contributed by atoms with Gasteiger partial charge in [0.25, 0.3) is 5.91 Å². The molecule has 0 spiro atoms. The molecule has 0 saturated heterocycles. The third kappa shape index (κ3) is 3.55. The van der Waals surface area contributed by atoms with Crippen LogP contribution in [0.1, 0.15) is 33.3 Å². The van der Waals surface area contributed by atoms with Crippen LogP contribution in [0.25, 0.3) is 11.3 Å². The number of aryl methyl sites for hydroxylation is 1. The number of para-hydroxylation sites is 1. The van der Waals surface area contributed by atoms with E-state index in [4.69, 9.17) is 4.11 Å². The molecule has 1 atom stereocenters. The number of nitrogens with zero attached hydrogens (tertiary/aromatic N) is 6. The van der Waals surface area contributed by atoms with Crippen molar-refractivity contribution in [1.29, 1.82) is 0 Å². The Balaban J connectivity index is 1.80. The normalized spacial score (nSPS) is 16.1. The number of urea groups is 1. The fraction of sp³-hybridized carbons (Fsp3) is 0.300. The Bertz CT molecular complexity index is 1310. The SMILES string of the molecule is [2H]C([2H])([2H])NC(=O)c1nnc(NC(=O)NC)cc1Nc1cccc2c1N(C)[C@H](C)c1nn(C)nc1-2. The quantitative estimate of drug-likeness (QED) is 0.481. The summed E-state index contributed by atoms with van der Waals surface area (Å²) in [6, 6.07) is 6.32. The van der Waals surface area contributed by atoms with Gasteiger partial charge < -0.3 is 20.9 Å². The van der Waals surface area contributed by atoms with Gasteiger partial charge in [-0.25, -0.2) is 4.79 Å². The van der Waals surface area contributed by atoms with Crippen LogP contribution in [-0.4, -0.2) is 58.2 Å². The van der Waals surface area contributed by atoms with E-state index in [0.29, 0.717) is 5.69 Å². The van der Waals surface area contributed by atoms with Gasteiger partial charge in [-0.3, -0.25) is 10.1 Å². The Hall–Kier alpha value is -4.22. The summed E-state index contributed by atoms with van der Waals surface area (Å²) in [6.45, 7) is -0.721. The number of aromatic nitrogens is 5. The van der Waals surface area contributed by atoms with E-state index in [9.17, 15) is 9.59 Å². The lowest BCUT2D eigenvalue weighted by Crippen LogP contribution is -2.28. The number of anilines is 4. The zero-order chi connectivity index (χ0) is 25.5. The van der Waals surface area contributed by atoms with E-state index in [1.54, 1.807) is 13.1 Å². The first-order valence-corrected chi connectivity index (χ1v) is 9.72. The van der Waals surface area contributed by atoms with E-state index in [-0.39, 0.29) is 23.2 Å². The maximum atomic E-state index is 12.7. The van der Waals surface area contributed by atoms with E-state index in [1.165, 1.54) is 17.9 Å². The first-order valence-electron chi connectivity index (χ1n) is 11.2. The van der Waals surface area contributed by atoms with Crippen LogP contribution in [0, 0.1) is 0 Å². The molecule has 1 aliphatic heterocycles. The predicted octanol–water partition coefficient (Wildman–Crippen LogP) is 1.64. The first-order chi connectivity index (χ1) is 16.5. The fourth-order valence-corrected chi connectivity index (χ4v) is 3.59. The van der Waals surface area contributed by atoms with Gasteiger partial charge in [0.15, 0.2) is 11.5 Å². The monoisotopic (exact) mass is 439 g/mol. The summed E-state index contributed by atoms with van der Waals surface area (Å²) in [5.41, 5.74) is 3.70. The van der Waals surface area contributed by atoms with Crippen molar-refractivity contribution in [2.45, 2.75) is 13.0 Å². The standard InChI is InChI=1S/C20H24N10O2/c1-10-15-16(28-30(5)27-15)11-7-6-8-12(18(11)29(10)4)23-13-9-14(24-20(32)22-3)25-26-17(13)19(31)21-2/h6-10H,1-5H3,(H,21,31)(H3,22,23,24,25,32)/t10-/m1/s1/i2D3. The third-order valence-corrected chi connectivity index (χ3v) is 5.22. The lowest BCUT2D eigenvalue weighted by atomic mass is 9.96. The second-order valence-corrected chi connectivity index (χ2v) is 7.19. The van der Waals surface area contributed by atoms with Crippen molar-refractivity contribution in [3.63, 3.8) is 0 Å². The summed E-state index contributed by atoms with van der Waals surface area (Å²) in [4.78, 5) is 28.0. The lowest BCUT2D eigenvalue weighted by molar-refractivity contribution is 0.0958. The van der Waals surface area contributed by atoms with Crippen molar-refractivity contribution in [2.24, 2.45) is 7.05 Å². The van der Waals surface area contributed by atoms with E-state index >= 15 is 0 Å². The number of carbonyl (C=O) groups is 2. The molecule has 2 aromatic heterocycles. The minimum Gasteiger partial charge on any atom is -0.364 e. The van der Waals surface area contributed by atoms with Crippen LogP contribution in [-0.2, 0) is 7.05 Å². The van der Waals surface area contributed by atoms with Gasteiger partial charge in [-0.15, -0.1) is 10.2 Å². The summed E-state index contributed by atoms with van der Waals surface area (Å²) in [5, 5.41) is 26.7.